The van der Waals surface area contributed by atoms with Crippen molar-refractivity contribution in [2.45, 2.75) is 58.7 Å². The van der Waals surface area contributed by atoms with Gasteiger partial charge in [-0.05, 0) is 59.1 Å². The summed E-state index contributed by atoms with van der Waals surface area (Å²) in [7, 11) is 0. The third kappa shape index (κ3) is 5.24. The molecule has 3 atom stereocenters. The summed E-state index contributed by atoms with van der Waals surface area (Å²) in [6.07, 6.45) is 0.785. The van der Waals surface area contributed by atoms with Gasteiger partial charge in [0.15, 0.2) is 0 Å². The molecule has 2 rings (SSSR count). The standard InChI is InChI=1S/C19H30N2O2/c1-14(20-18(22)23-19(3,4)5)17-11-12-21(13-17)15(2)16-9-7-6-8-10-16/h6-10,14-15,17H,11-13H2,1-5H3,(H,20,22)/t14-,15+,17+/m1/s1. The van der Waals surface area contributed by atoms with Crippen molar-refractivity contribution in [3.8, 4) is 0 Å². The van der Waals surface area contributed by atoms with Crippen LogP contribution in [-0.4, -0.2) is 35.7 Å². The van der Waals surface area contributed by atoms with Gasteiger partial charge in [0, 0.05) is 18.6 Å². The zero-order valence-corrected chi connectivity index (χ0v) is 15.0. The number of hydrogen-bond donors (Lipinski definition) is 1. The maximum Gasteiger partial charge on any atom is 0.407 e. The Morgan fingerprint density at radius 2 is 1.91 bits per heavy atom. The number of nitrogens with zero attached hydrogens (tertiary/aromatic N) is 1. The van der Waals surface area contributed by atoms with E-state index in [4.69, 9.17) is 4.74 Å². The van der Waals surface area contributed by atoms with Gasteiger partial charge < -0.3 is 10.1 Å². The first-order valence-corrected chi connectivity index (χ1v) is 8.55. The third-order valence-electron chi connectivity index (χ3n) is 4.54. The van der Waals surface area contributed by atoms with Crippen molar-refractivity contribution >= 4 is 6.09 Å². The Hall–Kier alpha value is -1.55. The van der Waals surface area contributed by atoms with E-state index in [0.29, 0.717) is 12.0 Å². The van der Waals surface area contributed by atoms with Gasteiger partial charge in [-0.15, -0.1) is 0 Å². The molecular weight excluding hydrogens is 288 g/mol. The highest BCUT2D eigenvalue weighted by molar-refractivity contribution is 5.68. The fourth-order valence-corrected chi connectivity index (χ4v) is 3.13. The molecule has 1 amide bonds. The van der Waals surface area contributed by atoms with Crippen molar-refractivity contribution in [1.82, 2.24) is 10.2 Å². The first-order valence-electron chi connectivity index (χ1n) is 8.55. The van der Waals surface area contributed by atoms with E-state index in [9.17, 15) is 4.79 Å². The first kappa shape index (κ1) is 17.8. The number of amides is 1. The summed E-state index contributed by atoms with van der Waals surface area (Å²) in [6.45, 7) is 12.1. The zero-order valence-electron chi connectivity index (χ0n) is 15.0. The highest BCUT2D eigenvalue weighted by atomic mass is 16.6. The van der Waals surface area contributed by atoms with Gasteiger partial charge in [-0.25, -0.2) is 4.79 Å². The Bertz CT molecular complexity index is 510. The lowest BCUT2D eigenvalue weighted by atomic mass is 10.0. The van der Waals surface area contributed by atoms with E-state index >= 15 is 0 Å². The number of carbonyl (C=O) groups is 1. The van der Waals surface area contributed by atoms with Crippen molar-refractivity contribution in [1.29, 1.82) is 0 Å². The Labute approximate surface area is 140 Å². The minimum Gasteiger partial charge on any atom is -0.444 e. The Balaban J connectivity index is 1.86. The van der Waals surface area contributed by atoms with Gasteiger partial charge in [0.2, 0.25) is 0 Å². The van der Waals surface area contributed by atoms with Crippen LogP contribution in [0.2, 0.25) is 0 Å². The molecule has 1 N–H and O–H groups in total. The summed E-state index contributed by atoms with van der Waals surface area (Å²) in [5.41, 5.74) is 0.897. The number of rotatable bonds is 4. The zero-order chi connectivity index (χ0) is 17.0. The molecule has 1 saturated heterocycles. The summed E-state index contributed by atoms with van der Waals surface area (Å²) in [4.78, 5) is 14.4. The van der Waals surface area contributed by atoms with Crippen LogP contribution >= 0.6 is 0 Å². The smallest absolute Gasteiger partial charge is 0.407 e. The fraction of sp³-hybridized carbons (Fsp3) is 0.632. The van der Waals surface area contributed by atoms with Crippen molar-refractivity contribution < 1.29 is 9.53 Å². The lowest BCUT2D eigenvalue weighted by Crippen LogP contribution is -2.42. The van der Waals surface area contributed by atoms with E-state index in [1.54, 1.807) is 0 Å². The number of alkyl carbamates (subject to hydrolysis) is 1. The van der Waals surface area contributed by atoms with Crippen LogP contribution in [0.3, 0.4) is 0 Å². The highest BCUT2D eigenvalue weighted by Crippen LogP contribution is 2.28. The van der Waals surface area contributed by atoms with Gasteiger partial charge in [-0.3, -0.25) is 4.90 Å². The second kappa shape index (κ2) is 7.35. The van der Waals surface area contributed by atoms with Crippen LogP contribution in [0.25, 0.3) is 0 Å². The lowest BCUT2D eigenvalue weighted by Gasteiger charge is -2.27. The lowest BCUT2D eigenvalue weighted by molar-refractivity contribution is 0.0492. The number of hydrogen-bond acceptors (Lipinski definition) is 3. The largest absolute Gasteiger partial charge is 0.444 e. The van der Waals surface area contributed by atoms with Crippen LogP contribution in [0.5, 0.6) is 0 Å². The maximum absolute atomic E-state index is 11.9. The molecule has 4 nitrogen and oxygen atoms in total. The van der Waals surface area contributed by atoms with E-state index in [2.05, 4.69) is 54.4 Å². The van der Waals surface area contributed by atoms with Crippen molar-refractivity contribution in [3.05, 3.63) is 35.9 Å². The van der Waals surface area contributed by atoms with Gasteiger partial charge in [-0.1, -0.05) is 30.3 Å². The molecule has 0 aliphatic carbocycles. The minimum absolute atomic E-state index is 0.123. The number of benzene rings is 1. The molecule has 1 aliphatic rings. The maximum atomic E-state index is 11.9. The highest BCUT2D eigenvalue weighted by Gasteiger charge is 2.31. The van der Waals surface area contributed by atoms with Crippen molar-refractivity contribution in [2.75, 3.05) is 13.1 Å². The Kier molecular flexibility index (Phi) is 5.69. The minimum atomic E-state index is -0.451. The second-order valence-corrected chi connectivity index (χ2v) is 7.57. The summed E-state index contributed by atoms with van der Waals surface area (Å²) in [5, 5.41) is 2.99. The van der Waals surface area contributed by atoms with Crippen molar-refractivity contribution in [2.24, 2.45) is 5.92 Å². The quantitative estimate of drug-likeness (QED) is 0.913. The molecule has 1 aliphatic heterocycles. The molecule has 1 aromatic rings. The Morgan fingerprint density at radius 3 is 2.52 bits per heavy atom. The summed E-state index contributed by atoms with van der Waals surface area (Å²) >= 11 is 0. The molecule has 128 valence electrons. The SMILES string of the molecule is C[C@@H](NC(=O)OC(C)(C)C)[C@H]1CCN([C@@H](C)c2ccccc2)C1. The molecule has 0 spiro atoms. The van der Waals surface area contributed by atoms with Gasteiger partial charge in [0.25, 0.3) is 0 Å². The molecule has 1 fully saturated rings. The first-order chi connectivity index (χ1) is 10.8. The topological polar surface area (TPSA) is 41.6 Å². The summed E-state index contributed by atoms with van der Waals surface area (Å²) in [6, 6.07) is 11.1. The van der Waals surface area contributed by atoms with Gasteiger partial charge in [-0.2, -0.15) is 0 Å². The predicted octanol–water partition coefficient (Wildman–Crippen LogP) is 3.98. The molecule has 0 bridgehead atoms. The van der Waals surface area contributed by atoms with E-state index in [1.165, 1.54) is 5.56 Å². The normalized spacial score (nSPS) is 21.7. The Morgan fingerprint density at radius 1 is 1.26 bits per heavy atom. The average Bonchev–Trinajstić information content (AvgIpc) is 2.95. The molecule has 0 unspecified atom stereocenters. The van der Waals surface area contributed by atoms with Gasteiger partial charge in [0.05, 0.1) is 0 Å². The fourth-order valence-electron chi connectivity index (χ4n) is 3.13. The molecule has 23 heavy (non-hydrogen) atoms. The molecular formula is C19H30N2O2. The van der Waals surface area contributed by atoms with E-state index in [0.717, 1.165) is 19.5 Å². The van der Waals surface area contributed by atoms with Crippen LogP contribution in [0.4, 0.5) is 4.79 Å². The predicted molar refractivity (Wildman–Crippen MR) is 93.4 cm³/mol. The van der Waals surface area contributed by atoms with Gasteiger partial charge in [0.1, 0.15) is 5.60 Å². The summed E-state index contributed by atoms with van der Waals surface area (Å²) < 4.78 is 5.35. The molecule has 1 heterocycles. The average molecular weight is 318 g/mol. The number of ether oxygens (including phenoxy) is 1. The van der Waals surface area contributed by atoms with Crippen LogP contribution in [-0.2, 0) is 4.74 Å². The number of nitrogens with one attached hydrogen (secondary N) is 1. The molecule has 0 aromatic heterocycles. The number of carbonyl (C=O) groups excluding carboxylic acids is 1. The van der Waals surface area contributed by atoms with Crippen LogP contribution in [0, 0.1) is 5.92 Å². The van der Waals surface area contributed by atoms with Crippen LogP contribution < -0.4 is 5.32 Å². The van der Waals surface area contributed by atoms with E-state index < -0.39 is 5.60 Å². The second-order valence-electron chi connectivity index (χ2n) is 7.57. The van der Waals surface area contributed by atoms with Crippen LogP contribution in [0.1, 0.15) is 52.6 Å². The third-order valence-corrected chi connectivity index (χ3v) is 4.54. The van der Waals surface area contributed by atoms with Crippen LogP contribution in [0.15, 0.2) is 30.3 Å². The molecule has 4 heteroatoms. The number of likely N-dealkylation sites (tertiary alicyclic amines) is 1. The molecule has 0 saturated carbocycles. The van der Waals surface area contributed by atoms with Crippen molar-refractivity contribution in [3.63, 3.8) is 0 Å². The molecule has 1 aromatic carbocycles. The van der Waals surface area contributed by atoms with Gasteiger partial charge >= 0.3 is 6.09 Å². The molecule has 0 radical (unpaired) electrons. The summed E-state index contributed by atoms with van der Waals surface area (Å²) in [5.74, 6) is 0.466. The monoisotopic (exact) mass is 318 g/mol. The van der Waals surface area contributed by atoms with E-state index in [1.807, 2.05) is 20.8 Å². The van der Waals surface area contributed by atoms with E-state index in [-0.39, 0.29) is 12.1 Å².